The number of rotatable bonds is 6. The molecule has 1 unspecified atom stereocenters. The quantitative estimate of drug-likeness (QED) is 0.596. The zero-order valence-electron chi connectivity index (χ0n) is 19.8. The van der Waals surface area contributed by atoms with Crippen LogP contribution >= 0.6 is 0 Å². The highest BCUT2D eigenvalue weighted by Crippen LogP contribution is 2.31. The van der Waals surface area contributed by atoms with Crippen LogP contribution in [0.5, 0.6) is 0 Å². The molecular weight excluding hydrogens is 517 g/mol. The maximum Gasteiger partial charge on any atom is 0.417 e. The second-order valence-corrected chi connectivity index (χ2v) is 13.2. The normalized spacial score (nSPS) is 21.4. The third kappa shape index (κ3) is 6.18. The molecule has 8 nitrogen and oxygen atoms in total. The van der Waals surface area contributed by atoms with Gasteiger partial charge >= 0.3 is 6.18 Å². The van der Waals surface area contributed by atoms with E-state index >= 15 is 0 Å². The monoisotopic (exact) mass is 546 g/mol. The fourth-order valence-corrected chi connectivity index (χ4v) is 7.05. The summed E-state index contributed by atoms with van der Waals surface area (Å²) in [5.41, 5.74) is 0.0884. The van der Waals surface area contributed by atoms with Gasteiger partial charge in [0, 0.05) is 38.4 Å². The highest BCUT2D eigenvalue weighted by Gasteiger charge is 2.32. The Morgan fingerprint density at radius 2 is 1.58 bits per heavy atom. The van der Waals surface area contributed by atoms with Crippen molar-refractivity contribution >= 4 is 25.9 Å². The molecule has 0 saturated carbocycles. The number of pyridine rings is 1. The fourth-order valence-electron chi connectivity index (χ4n) is 4.67. The van der Waals surface area contributed by atoms with Crippen molar-refractivity contribution in [2.45, 2.75) is 48.7 Å². The van der Waals surface area contributed by atoms with Crippen LogP contribution in [-0.4, -0.2) is 68.9 Å². The van der Waals surface area contributed by atoms with Crippen LogP contribution in [0.2, 0.25) is 0 Å². The predicted molar refractivity (Wildman–Crippen MR) is 129 cm³/mol. The van der Waals surface area contributed by atoms with Crippen molar-refractivity contribution in [3.8, 4) is 0 Å². The molecule has 0 radical (unpaired) electrons. The number of halogens is 3. The van der Waals surface area contributed by atoms with Gasteiger partial charge in [0.2, 0.25) is 20.0 Å². The number of benzene rings is 1. The van der Waals surface area contributed by atoms with Crippen LogP contribution in [0.4, 0.5) is 19.0 Å². The summed E-state index contributed by atoms with van der Waals surface area (Å²) in [6.07, 6.45) is 0.0970. The summed E-state index contributed by atoms with van der Waals surface area (Å²) >= 11 is 0. The average molecular weight is 547 g/mol. The molecule has 2 aliphatic heterocycles. The summed E-state index contributed by atoms with van der Waals surface area (Å²) < 4.78 is 91.1. The molecule has 13 heteroatoms. The van der Waals surface area contributed by atoms with E-state index in [9.17, 15) is 30.0 Å². The molecule has 1 atom stereocenters. The maximum atomic E-state index is 13.2. The number of aromatic nitrogens is 1. The van der Waals surface area contributed by atoms with Crippen LogP contribution in [0.3, 0.4) is 0 Å². The van der Waals surface area contributed by atoms with Crippen molar-refractivity contribution in [2.24, 2.45) is 0 Å². The number of nitrogens with one attached hydrogen (secondary N) is 1. The molecule has 0 bridgehead atoms. The lowest BCUT2D eigenvalue weighted by atomic mass is 9.92. The number of hydrogen-bond donors (Lipinski definition) is 1. The fraction of sp³-hybridized carbons (Fsp3) is 0.522. The van der Waals surface area contributed by atoms with E-state index in [1.165, 1.54) is 20.9 Å². The van der Waals surface area contributed by atoms with Crippen LogP contribution in [0.25, 0.3) is 0 Å². The minimum atomic E-state index is -4.45. The van der Waals surface area contributed by atoms with E-state index in [2.05, 4.69) is 10.3 Å². The molecular formula is C23H29F3N4O4S2. The Bertz CT molecular complexity index is 1260. The second kappa shape index (κ2) is 10.3. The predicted octanol–water partition coefficient (Wildman–Crippen LogP) is 3.50. The number of anilines is 1. The Balaban J connectivity index is 1.35. The summed E-state index contributed by atoms with van der Waals surface area (Å²) in [7, 11) is -6.97. The molecule has 0 spiro atoms. The third-order valence-corrected chi connectivity index (χ3v) is 9.92. The molecule has 2 saturated heterocycles. The summed E-state index contributed by atoms with van der Waals surface area (Å²) in [5, 5.41) is 3.08. The van der Waals surface area contributed by atoms with E-state index in [4.69, 9.17) is 0 Å². The van der Waals surface area contributed by atoms with Gasteiger partial charge in [-0.25, -0.2) is 26.1 Å². The average Bonchev–Trinajstić information content (AvgIpc) is 2.84. The Hall–Kier alpha value is -2.22. The highest BCUT2D eigenvalue weighted by molar-refractivity contribution is 7.89. The smallest absolute Gasteiger partial charge is 0.367 e. The first kappa shape index (κ1) is 26.8. The molecule has 3 heterocycles. The Labute approximate surface area is 209 Å². The number of nitrogens with zero attached hydrogens (tertiary/aromatic N) is 3. The first-order valence-corrected chi connectivity index (χ1v) is 15.0. The van der Waals surface area contributed by atoms with E-state index in [0.29, 0.717) is 31.7 Å². The topological polar surface area (TPSA) is 99.7 Å². The number of sulfonamides is 2. The van der Waals surface area contributed by atoms with Gasteiger partial charge in [-0.3, -0.25) is 0 Å². The van der Waals surface area contributed by atoms with Crippen LogP contribution in [0.15, 0.2) is 47.5 Å². The van der Waals surface area contributed by atoms with E-state index in [1.54, 1.807) is 24.3 Å². The van der Waals surface area contributed by atoms with Crippen LogP contribution in [-0.2, 0) is 26.2 Å². The minimum absolute atomic E-state index is 0.0193. The molecule has 4 rings (SSSR count). The minimum Gasteiger partial charge on any atom is -0.367 e. The Morgan fingerprint density at radius 1 is 0.917 bits per heavy atom. The molecule has 36 heavy (non-hydrogen) atoms. The van der Waals surface area contributed by atoms with Gasteiger partial charge in [0.05, 0.1) is 16.7 Å². The number of hydrogen-bond acceptors (Lipinski definition) is 6. The Morgan fingerprint density at radius 3 is 2.14 bits per heavy atom. The SMILES string of the molecule is CS(=O)(=O)N1CCCC(c2ccc(S(=O)(=O)N3CCC(Nc4ccc(C(F)(F)F)cn4)CC3)cc2)C1. The van der Waals surface area contributed by atoms with Crippen molar-refractivity contribution in [2.75, 3.05) is 37.8 Å². The molecule has 1 aromatic carbocycles. The van der Waals surface area contributed by atoms with E-state index in [0.717, 1.165) is 30.7 Å². The maximum absolute atomic E-state index is 13.2. The molecule has 0 aliphatic carbocycles. The zero-order valence-corrected chi connectivity index (χ0v) is 21.4. The lowest BCUT2D eigenvalue weighted by Crippen LogP contribution is -2.42. The molecule has 0 amide bonds. The van der Waals surface area contributed by atoms with E-state index in [-0.39, 0.29) is 29.9 Å². The van der Waals surface area contributed by atoms with Gasteiger partial charge in [0.25, 0.3) is 0 Å². The molecule has 198 valence electrons. The lowest BCUT2D eigenvalue weighted by Gasteiger charge is -2.32. The lowest BCUT2D eigenvalue weighted by molar-refractivity contribution is -0.137. The van der Waals surface area contributed by atoms with Gasteiger partial charge in [0.15, 0.2) is 0 Å². The van der Waals surface area contributed by atoms with Gasteiger partial charge in [-0.05, 0) is 61.4 Å². The first-order valence-electron chi connectivity index (χ1n) is 11.7. The van der Waals surface area contributed by atoms with Crippen molar-refractivity contribution in [3.63, 3.8) is 0 Å². The van der Waals surface area contributed by atoms with E-state index < -0.39 is 31.8 Å². The van der Waals surface area contributed by atoms with E-state index in [1.807, 2.05) is 0 Å². The molecule has 2 fully saturated rings. The molecule has 2 aromatic rings. The van der Waals surface area contributed by atoms with Crippen molar-refractivity contribution < 1.29 is 30.0 Å². The Kier molecular flexibility index (Phi) is 7.65. The van der Waals surface area contributed by atoms with Crippen molar-refractivity contribution in [1.29, 1.82) is 0 Å². The molecule has 1 aromatic heterocycles. The zero-order chi connectivity index (χ0) is 26.1. The van der Waals surface area contributed by atoms with Gasteiger partial charge < -0.3 is 5.32 Å². The number of alkyl halides is 3. The summed E-state index contributed by atoms with van der Waals surface area (Å²) in [6.45, 7) is 1.43. The van der Waals surface area contributed by atoms with Crippen LogP contribution < -0.4 is 5.32 Å². The van der Waals surface area contributed by atoms with Crippen molar-refractivity contribution in [3.05, 3.63) is 53.7 Å². The first-order chi connectivity index (χ1) is 16.8. The second-order valence-electron chi connectivity index (χ2n) is 9.28. The largest absolute Gasteiger partial charge is 0.417 e. The third-order valence-electron chi connectivity index (χ3n) is 6.74. The summed E-state index contributed by atoms with van der Waals surface area (Å²) in [5.74, 6) is 0.336. The molecule has 2 aliphatic rings. The van der Waals surface area contributed by atoms with Crippen LogP contribution in [0, 0.1) is 0 Å². The highest BCUT2D eigenvalue weighted by atomic mass is 32.2. The standard InChI is InChI=1S/C23H29F3N4O4S2/c1-35(31,32)30-12-2-3-18(16-30)17-4-7-21(8-5-17)36(33,34)29-13-10-20(11-14-29)28-22-9-6-19(15-27-22)23(24,25)26/h4-9,15,18,20H,2-3,10-14,16H2,1H3,(H,27,28). The van der Waals surface area contributed by atoms with Gasteiger partial charge in [-0.2, -0.15) is 17.5 Å². The van der Waals surface area contributed by atoms with Gasteiger partial charge in [0.1, 0.15) is 5.82 Å². The van der Waals surface area contributed by atoms with Gasteiger partial charge in [-0.1, -0.05) is 12.1 Å². The summed E-state index contributed by atoms with van der Waals surface area (Å²) in [4.78, 5) is 4.00. The van der Waals surface area contributed by atoms with Crippen LogP contribution in [0.1, 0.15) is 42.7 Å². The molecule has 1 N–H and O–H groups in total. The summed E-state index contributed by atoms with van der Waals surface area (Å²) in [6, 6.07) is 8.79. The number of piperidine rings is 2. The van der Waals surface area contributed by atoms with Crippen molar-refractivity contribution in [1.82, 2.24) is 13.6 Å². The van der Waals surface area contributed by atoms with Gasteiger partial charge in [-0.15, -0.1) is 0 Å².